The number of aromatic nitrogens is 3. The van der Waals surface area contributed by atoms with Crippen LogP contribution in [0.4, 0.5) is 5.69 Å². The standard InChI is InChI=1S/C21H16Cl2N4O2/c1-13-2-6-16(7-3-13)27-25-18-8-5-15(11-19(18)26-27)24-21(28)12-29-20-9-4-14(22)10-17(20)23/h2-11H,12H2,1H3,(H,24,28). The highest BCUT2D eigenvalue weighted by atomic mass is 35.5. The van der Waals surface area contributed by atoms with Crippen LogP contribution in [0.5, 0.6) is 5.75 Å². The van der Waals surface area contributed by atoms with Crippen molar-refractivity contribution in [2.75, 3.05) is 11.9 Å². The second-order valence-electron chi connectivity index (χ2n) is 6.44. The number of halogens is 2. The first-order valence-corrected chi connectivity index (χ1v) is 9.55. The van der Waals surface area contributed by atoms with Crippen LogP contribution in [-0.4, -0.2) is 27.5 Å². The Balaban J connectivity index is 1.45. The molecule has 0 spiro atoms. The van der Waals surface area contributed by atoms with E-state index >= 15 is 0 Å². The summed E-state index contributed by atoms with van der Waals surface area (Å²) in [6.45, 7) is 1.84. The minimum atomic E-state index is -0.318. The van der Waals surface area contributed by atoms with Crippen molar-refractivity contribution in [3.8, 4) is 11.4 Å². The molecule has 0 bridgehead atoms. The van der Waals surface area contributed by atoms with Gasteiger partial charge in [-0.3, -0.25) is 4.79 Å². The first kappa shape index (κ1) is 19.2. The van der Waals surface area contributed by atoms with Crippen molar-refractivity contribution in [2.24, 2.45) is 0 Å². The topological polar surface area (TPSA) is 69.0 Å². The minimum absolute atomic E-state index is 0.185. The normalized spacial score (nSPS) is 10.9. The molecule has 1 amide bonds. The number of carbonyl (C=O) groups is 1. The van der Waals surface area contributed by atoms with Crippen molar-refractivity contribution in [3.63, 3.8) is 0 Å². The van der Waals surface area contributed by atoms with Crippen LogP contribution in [0, 0.1) is 6.92 Å². The van der Waals surface area contributed by atoms with E-state index in [1.54, 1.807) is 41.2 Å². The van der Waals surface area contributed by atoms with Gasteiger partial charge in [0.15, 0.2) is 6.61 Å². The van der Waals surface area contributed by atoms with Gasteiger partial charge in [0.1, 0.15) is 16.8 Å². The number of carbonyl (C=O) groups excluding carboxylic acids is 1. The van der Waals surface area contributed by atoms with Crippen LogP contribution in [0.25, 0.3) is 16.7 Å². The average molecular weight is 427 g/mol. The lowest BCUT2D eigenvalue weighted by molar-refractivity contribution is -0.118. The zero-order valence-electron chi connectivity index (χ0n) is 15.4. The van der Waals surface area contributed by atoms with Crippen LogP contribution >= 0.6 is 23.2 Å². The van der Waals surface area contributed by atoms with Gasteiger partial charge >= 0.3 is 0 Å². The van der Waals surface area contributed by atoms with Crippen LogP contribution in [-0.2, 0) is 4.79 Å². The highest BCUT2D eigenvalue weighted by Crippen LogP contribution is 2.27. The predicted octanol–water partition coefficient (Wildman–Crippen LogP) is 5.05. The molecule has 0 saturated carbocycles. The number of hydrogen-bond acceptors (Lipinski definition) is 4. The third-order valence-corrected chi connectivity index (χ3v) is 4.71. The van der Waals surface area contributed by atoms with Crippen LogP contribution < -0.4 is 10.1 Å². The van der Waals surface area contributed by atoms with Gasteiger partial charge in [0.2, 0.25) is 0 Å². The number of nitrogens with one attached hydrogen (secondary N) is 1. The van der Waals surface area contributed by atoms with Crippen molar-refractivity contribution < 1.29 is 9.53 Å². The average Bonchev–Trinajstić information content (AvgIpc) is 3.11. The number of fused-ring (bicyclic) bond motifs is 1. The molecule has 0 aliphatic rings. The number of hydrogen-bond donors (Lipinski definition) is 1. The van der Waals surface area contributed by atoms with E-state index in [0.717, 1.165) is 16.8 Å². The maximum Gasteiger partial charge on any atom is 0.262 e. The Hall–Kier alpha value is -3.09. The summed E-state index contributed by atoms with van der Waals surface area (Å²) in [5, 5.41) is 12.6. The highest BCUT2D eigenvalue weighted by Gasteiger charge is 2.10. The summed E-state index contributed by atoms with van der Waals surface area (Å²) in [4.78, 5) is 13.8. The summed E-state index contributed by atoms with van der Waals surface area (Å²) in [5.74, 6) is 0.0732. The minimum Gasteiger partial charge on any atom is -0.482 e. The highest BCUT2D eigenvalue weighted by molar-refractivity contribution is 6.35. The summed E-state index contributed by atoms with van der Waals surface area (Å²) in [7, 11) is 0. The Bertz CT molecular complexity index is 1190. The number of aryl methyl sites for hydroxylation is 1. The molecule has 4 rings (SSSR count). The molecule has 1 aromatic heterocycles. The van der Waals surface area contributed by atoms with E-state index in [4.69, 9.17) is 27.9 Å². The Morgan fingerprint density at radius 2 is 1.76 bits per heavy atom. The lowest BCUT2D eigenvalue weighted by atomic mass is 10.2. The molecule has 6 nitrogen and oxygen atoms in total. The Morgan fingerprint density at radius 1 is 1.00 bits per heavy atom. The molecule has 0 unspecified atom stereocenters. The predicted molar refractivity (Wildman–Crippen MR) is 114 cm³/mol. The van der Waals surface area contributed by atoms with Crippen molar-refractivity contribution in [1.82, 2.24) is 15.0 Å². The molecule has 1 heterocycles. The maximum absolute atomic E-state index is 12.2. The molecule has 3 aromatic carbocycles. The van der Waals surface area contributed by atoms with Gasteiger partial charge in [-0.25, -0.2) is 0 Å². The second-order valence-corrected chi connectivity index (χ2v) is 7.28. The third kappa shape index (κ3) is 4.50. The number of nitrogens with zero attached hydrogens (tertiary/aromatic N) is 3. The molecule has 0 radical (unpaired) electrons. The molecule has 0 aliphatic heterocycles. The van der Waals surface area contributed by atoms with E-state index in [1.807, 2.05) is 31.2 Å². The van der Waals surface area contributed by atoms with E-state index < -0.39 is 0 Å². The molecule has 0 saturated heterocycles. The fraction of sp³-hybridized carbons (Fsp3) is 0.0952. The van der Waals surface area contributed by atoms with E-state index in [2.05, 4.69) is 15.5 Å². The summed E-state index contributed by atoms with van der Waals surface area (Å²) < 4.78 is 5.45. The van der Waals surface area contributed by atoms with Crippen molar-refractivity contribution >= 4 is 45.8 Å². The zero-order valence-corrected chi connectivity index (χ0v) is 16.9. The molecule has 0 atom stereocenters. The Morgan fingerprint density at radius 3 is 2.52 bits per heavy atom. The molecule has 1 N–H and O–H groups in total. The summed E-state index contributed by atoms with van der Waals surface area (Å²) in [6.07, 6.45) is 0. The summed E-state index contributed by atoms with van der Waals surface area (Å²) in [6, 6.07) is 18.1. The van der Waals surface area contributed by atoms with Crippen LogP contribution in [0.3, 0.4) is 0 Å². The van der Waals surface area contributed by atoms with Crippen molar-refractivity contribution in [1.29, 1.82) is 0 Å². The van der Waals surface area contributed by atoms with Crippen LogP contribution in [0.15, 0.2) is 60.7 Å². The summed E-state index contributed by atoms with van der Waals surface area (Å²) in [5.41, 5.74) is 4.03. The number of anilines is 1. The van der Waals surface area contributed by atoms with Crippen molar-refractivity contribution in [2.45, 2.75) is 6.92 Å². The van der Waals surface area contributed by atoms with E-state index in [1.165, 1.54) is 0 Å². The van der Waals surface area contributed by atoms with Gasteiger partial charge in [0, 0.05) is 10.7 Å². The number of amides is 1. The Labute approximate surface area is 177 Å². The maximum atomic E-state index is 12.2. The van der Waals surface area contributed by atoms with Crippen molar-refractivity contribution in [3.05, 3.63) is 76.3 Å². The smallest absolute Gasteiger partial charge is 0.262 e. The SMILES string of the molecule is Cc1ccc(-n2nc3ccc(NC(=O)COc4ccc(Cl)cc4Cl)cc3n2)cc1. The number of benzene rings is 3. The van der Waals surface area contributed by atoms with E-state index in [9.17, 15) is 4.79 Å². The number of rotatable bonds is 5. The lowest BCUT2D eigenvalue weighted by Gasteiger charge is -2.09. The first-order valence-electron chi connectivity index (χ1n) is 8.80. The molecule has 146 valence electrons. The first-order chi connectivity index (χ1) is 14.0. The molecule has 8 heteroatoms. The summed E-state index contributed by atoms with van der Waals surface area (Å²) >= 11 is 11.9. The third-order valence-electron chi connectivity index (χ3n) is 4.18. The second kappa shape index (κ2) is 8.11. The molecule has 4 aromatic rings. The van der Waals surface area contributed by atoms with Gasteiger partial charge in [-0.05, 0) is 55.5 Å². The van der Waals surface area contributed by atoms with E-state index in [0.29, 0.717) is 27.0 Å². The monoisotopic (exact) mass is 426 g/mol. The van der Waals surface area contributed by atoms with Gasteiger partial charge < -0.3 is 10.1 Å². The zero-order chi connectivity index (χ0) is 20.4. The van der Waals surface area contributed by atoms with Gasteiger partial charge in [-0.15, -0.1) is 10.2 Å². The van der Waals surface area contributed by atoms with Gasteiger partial charge in [-0.2, -0.15) is 4.80 Å². The molecular formula is C21H16Cl2N4O2. The quantitative estimate of drug-likeness (QED) is 0.484. The fourth-order valence-electron chi connectivity index (χ4n) is 2.72. The van der Waals surface area contributed by atoms with Crippen LogP contribution in [0.1, 0.15) is 5.56 Å². The fourth-order valence-corrected chi connectivity index (χ4v) is 3.18. The van der Waals surface area contributed by atoms with E-state index in [-0.39, 0.29) is 12.5 Å². The number of ether oxygens (including phenoxy) is 1. The largest absolute Gasteiger partial charge is 0.482 e. The molecule has 29 heavy (non-hydrogen) atoms. The molecule has 0 aliphatic carbocycles. The Kier molecular flexibility index (Phi) is 5.38. The lowest BCUT2D eigenvalue weighted by Crippen LogP contribution is -2.20. The van der Waals surface area contributed by atoms with Gasteiger partial charge in [-0.1, -0.05) is 40.9 Å². The molecular weight excluding hydrogens is 411 g/mol. The van der Waals surface area contributed by atoms with Gasteiger partial charge in [0.05, 0.1) is 10.7 Å². The molecule has 0 fully saturated rings. The van der Waals surface area contributed by atoms with Crippen LogP contribution in [0.2, 0.25) is 10.0 Å². The van der Waals surface area contributed by atoms with Gasteiger partial charge in [0.25, 0.3) is 5.91 Å².